The summed E-state index contributed by atoms with van der Waals surface area (Å²) < 4.78 is 0. The molecule has 1 saturated carbocycles. The summed E-state index contributed by atoms with van der Waals surface area (Å²) in [6, 6.07) is 1.95. The van der Waals surface area contributed by atoms with E-state index < -0.39 is 11.4 Å². The van der Waals surface area contributed by atoms with Crippen LogP contribution in [-0.2, 0) is 10.2 Å². The van der Waals surface area contributed by atoms with Gasteiger partial charge >= 0.3 is 5.97 Å². The van der Waals surface area contributed by atoms with E-state index in [1.165, 1.54) is 0 Å². The number of phenols is 1. The lowest BCUT2D eigenvalue weighted by atomic mass is 9.87. The molecule has 1 aromatic carbocycles. The predicted molar refractivity (Wildman–Crippen MR) is 60.9 cm³/mol. The van der Waals surface area contributed by atoms with Crippen molar-refractivity contribution in [3.8, 4) is 5.75 Å². The van der Waals surface area contributed by atoms with Crippen molar-refractivity contribution in [3.05, 3.63) is 28.3 Å². The van der Waals surface area contributed by atoms with E-state index in [1.807, 2.05) is 26.8 Å². The molecule has 0 radical (unpaired) electrons. The van der Waals surface area contributed by atoms with Gasteiger partial charge in [0.1, 0.15) is 5.75 Å². The second kappa shape index (κ2) is 3.24. The molecule has 86 valence electrons. The maximum atomic E-state index is 11.3. The summed E-state index contributed by atoms with van der Waals surface area (Å²) in [6.07, 6.45) is 1.25. The number of benzene rings is 1. The van der Waals surface area contributed by atoms with Gasteiger partial charge in [-0.3, -0.25) is 4.79 Å². The van der Waals surface area contributed by atoms with Crippen molar-refractivity contribution < 1.29 is 15.0 Å². The molecule has 1 aromatic rings. The van der Waals surface area contributed by atoms with Crippen LogP contribution < -0.4 is 0 Å². The maximum Gasteiger partial charge on any atom is 0.314 e. The number of carbonyl (C=O) groups is 1. The van der Waals surface area contributed by atoms with E-state index in [4.69, 9.17) is 0 Å². The third kappa shape index (κ3) is 1.31. The van der Waals surface area contributed by atoms with Gasteiger partial charge in [-0.05, 0) is 50.3 Å². The fraction of sp³-hybridized carbons (Fsp3) is 0.462. The van der Waals surface area contributed by atoms with E-state index in [0.29, 0.717) is 18.4 Å². The minimum atomic E-state index is -0.827. The minimum absolute atomic E-state index is 0.164. The standard InChI is InChI=1S/C13H16O3/c1-7-6-8(2)10(11(14)9(7)3)13(4-5-13)12(15)16/h6,14H,4-5H2,1-3H3,(H,15,16). The van der Waals surface area contributed by atoms with Crippen molar-refractivity contribution in [1.29, 1.82) is 0 Å². The Morgan fingerprint density at radius 3 is 2.25 bits per heavy atom. The van der Waals surface area contributed by atoms with Crippen molar-refractivity contribution >= 4 is 5.97 Å². The largest absolute Gasteiger partial charge is 0.507 e. The summed E-state index contributed by atoms with van der Waals surface area (Å²) in [5.41, 5.74) is 2.45. The highest BCUT2D eigenvalue weighted by Crippen LogP contribution is 2.53. The minimum Gasteiger partial charge on any atom is -0.507 e. The number of aromatic hydroxyl groups is 1. The maximum absolute atomic E-state index is 11.3. The first-order valence-corrected chi connectivity index (χ1v) is 5.44. The lowest BCUT2D eigenvalue weighted by Crippen LogP contribution is -2.21. The zero-order valence-electron chi connectivity index (χ0n) is 9.79. The summed E-state index contributed by atoms with van der Waals surface area (Å²) in [5.74, 6) is -0.661. The number of aliphatic carboxylic acids is 1. The first-order chi connectivity index (χ1) is 7.40. The van der Waals surface area contributed by atoms with E-state index in [9.17, 15) is 15.0 Å². The SMILES string of the molecule is Cc1cc(C)c(C2(C(=O)O)CC2)c(O)c1C. The fourth-order valence-electron chi connectivity index (χ4n) is 2.37. The molecule has 0 spiro atoms. The number of carboxylic acids is 1. The third-order valence-electron chi connectivity index (χ3n) is 3.65. The number of phenolic OH excluding ortho intramolecular Hbond substituents is 1. The van der Waals surface area contributed by atoms with Crippen LogP contribution in [-0.4, -0.2) is 16.2 Å². The Bertz CT molecular complexity index is 471. The molecule has 0 aromatic heterocycles. The monoisotopic (exact) mass is 220 g/mol. The molecule has 3 nitrogen and oxygen atoms in total. The Morgan fingerprint density at radius 2 is 1.81 bits per heavy atom. The molecule has 1 aliphatic rings. The van der Waals surface area contributed by atoms with Crippen LogP contribution >= 0.6 is 0 Å². The van der Waals surface area contributed by atoms with Crippen LogP contribution in [0.1, 0.15) is 35.1 Å². The predicted octanol–water partition coefficient (Wildman–Crippen LogP) is 2.43. The second-order valence-corrected chi connectivity index (χ2v) is 4.75. The summed E-state index contributed by atoms with van der Waals surface area (Å²) in [7, 11) is 0. The van der Waals surface area contributed by atoms with Gasteiger partial charge in [0.05, 0.1) is 5.41 Å². The Balaban J connectivity index is 2.67. The normalized spacial score (nSPS) is 17.2. The van der Waals surface area contributed by atoms with Crippen molar-refractivity contribution in [2.24, 2.45) is 0 Å². The summed E-state index contributed by atoms with van der Waals surface area (Å²) in [4.78, 5) is 11.3. The quantitative estimate of drug-likeness (QED) is 0.804. The Morgan fingerprint density at radius 1 is 1.25 bits per heavy atom. The number of hydrogen-bond donors (Lipinski definition) is 2. The first-order valence-electron chi connectivity index (χ1n) is 5.44. The van der Waals surface area contributed by atoms with Gasteiger partial charge in [0.2, 0.25) is 0 Å². The van der Waals surface area contributed by atoms with E-state index in [-0.39, 0.29) is 5.75 Å². The topological polar surface area (TPSA) is 57.5 Å². The Kier molecular flexibility index (Phi) is 2.22. The van der Waals surface area contributed by atoms with Crippen LogP contribution in [0.2, 0.25) is 0 Å². The lowest BCUT2D eigenvalue weighted by Gasteiger charge is -2.18. The fourth-order valence-corrected chi connectivity index (χ4v) is 2.37. The molecule has 1 aliphatic carbocycles. The molecule has 0 bridgehead atoms. The van der Waals surface area contributed by atoms with Gasteiger partial charge < -0.3 is 10.2 Å². The van der Waals surface area contributed by atoms with Gasteiger partial charge in [-0.15, -0.1) is 0 Å². The smallest absolute Gasteiger partial charge is 0.314 e. The number of hydrogen-bond acceptors (Lipinski definition) is 2. The molecular formula is C13H16O3. The van der Waals surface area contributed by atoms with Gasteiger partial charge in [-0.1, -0.05) is 6.07 Å². The van der Waals surface area contributed by atoms with Crippen molar-refractivity contribution in [2.75, 3.05) is 0 Å². The van der Waals surface area contributed by atoms with Gasteiger partial charge in [0.15, 0.2) is 0 Å². The molecule has 0 saturated heterocycles. The molecule has 3 heteroatoms. The van der Waals surface area contributed by atoms with Crippen LogP contribution in [0.25, 0.3) is 0 Å². The molecule has 0 atom stereocenters. The average molecular weight is 220 g/mol. The van der Waals surface area contributed by atoms with Crippen LogP contribution in [0.4, 0.5) is 0 Å². The van der Waals surface area contributed by atoms with Gasteiger partial charge in [-0.2, -0.15) is 0 Å². The van der Waals surface area contributed by atoms with Gasteiger partial charge in [0.25, 0.3) is 0 Å². The number of carboxylic acid groups (broad SMARTS) is 1. The molecule has 0 aliphatic heterocycles. The van der Waals surface area contributed by atoms with Crippen LogP contribution in [0.15, 0.2) is 6.07 Å². The highest BCUT2D eigenvalue weighted by atomic mass is 16.4. The molecule has 16 heavy (non-hydrogen) atoms. The molecule has 2 rings (SSSR count). The number of rotatable bonds is 2. The molecule has 0 amide bonds. The summed E-state index contributed by atoms with van der Waals surface area (Å²) in [5, 5.41) is 19.4. The molecule has 0 unspecified atom stereocenters. The summed E-state index contributed by atoms with van der Waals surface area (Å²) >= 11 is 0. The lowest BCUT2D eigenvalue weighted by molar-refractivity contribution is -0.140. The Labute approximate surface area is 94.7 Å². The van der Waals surface area contributed by atoms with Gasteiger partial charge in [0, 0.05) is 5.56 Å². The van der Waals surface area contributed by atoms with Crippen LogP contribution in [0.5, 0.6) is 5.75 Å². The van der Waals surface area contributed by atoms with Crippen molar-refractivity contribution in [2.45, 2.75) is 39.0 Å². The average Bonchev–Trinajstić information content (AvgIpc) is 2.96. The second-order valence-electron chi connectivity index (χ2n) is 4.75. The van der Waals surface area contributed by atoms with Crippen molar-refractivity contribution in [3.63, 3.8) is 0 Å². The highest BCUT2D eigenvalue weighted by Gasteiger charge is 2.54. The molecular weight excluding hydrogens is 204 g/mol. The Hall–Kier alpha value is -1.51. The molecule has 0 heterocycles. The van der Waals surface area contributed by atoms with E-state index in [2.05, 4.69) is 0 Å². The summed E-state index contributed by atoms with van der Waals surface area (Å²) in [6.45, 7) is 5.61. The zero-order valence-corrected chi connectivity index (χ0v) is 9.79. The first kappa shape index (κ1) is 11.0. The number of aryl methyl sites for hydroxylation is 2. The third-order valence-corrected chi connectivity index (χ3v) is 3.65. The van der Waals surface area contributed by atoms with Crippen molar-refractivity contribution in [1.82, 2.24) is 0 Å². The van der Waals surface area contributed by atoms with Crippen LogP contribution in [0.3, 0.4) is 0 Å². The van der Waals surface area contributed by atoms with E-state index in [0.717, 1.165) is 16.7 Å². The van der Waals surface area contributed by atoms with E-state index >= 15 is 0 Å². The van der Waals surface area contributed by atoms with Crippen LogP contribution in [0, 0.1) is 20.8 Å². The molecule has 1 fully saturated rings. The van der Waals surface area contributed by atoms with Gasteiger partial charge in [-0.25, -0.2) is 0 Å². The highest BCUT2D eigenvalue weighted by molar-refractivity contribution is 5.87. The zero-order chi connectivity index (χ0) is 12.1. The van der Waals surface area contributed by atoms with E-state index in [1.54, 1.807) is 0 Å². The molecule has 2 N–H and O–H groups in total.